The Morgan fingerprint density at radius 1 is 1.10 bits per heavy atom. The van der Waals surface area contributed by atoms with E-state index < -0.39 is 0 Å². The van der Waals surface area contributed by atoms with Crippen LogP contribution in [0.15, 0.2) is 33.8 Å². The zero-order valence-electron chi connectivity index (χ0n) is 13.0. The van der Waals surface area contributed by atoms with Crippen LogP contribution in [0.25, 0.3) is 0 Å². The van der Waals surface area contributed by atoms with Gasteiger partial charge >= 0.3 is 0 Å². The van der Waals surface area contributed by atoms with Crippen LogP contribution in [0, 0.1) is 0 Å². The van der Waals surface area contributed by atoms with Crippen LogP contribution in [0.4, 0.5) is 0 Å². The molecule has 1 N–H and O–H groups in total. The van der Waals surface area contributed by atoms with E-state index in [0.717, 1.165) is 28.6 Å². The van der Waals surface area contributed by atoms with Gasteiger partial charge in [0.1, 0.15) is 0 Å². The summed E-state index contributed by atoms with van der Waals surface area (Å²) in [5, 5.41) is 4.15. The van der Waals surface area contributed by atoms with Crippen molar-refractivity contribution in [1.82, 2.24) is 5.43 Å². The van der Waals surface area contributed by atoms with Crippen LogP contribution in [0.1, 0.15) is 64.4 Å². The molecule has 0 saturated carbocycles. The summed E-state index contributed by atoms with van der Waals surface area (Å²) >= 11 is 3.40. The molecule has 0 aromatic heterocycles. The summed E-state index contributed by atoms with van der Waals surface area (Å²) in [4.78, 5) is 11.7. The number of hydrogen-bond donors (Lipinski definition) is 1. The Hall–Kier alpha value is -1.16. The summed E-state index contributed by atoms with van der Waals surface area (Å²) in [7, 11) is 0. The molecular weight excluding hydrogens is 328 g/mol. The van der Waals surface area contributed by atoms with Gasteiger partial charge in [-0.15, -0.1) is 0 Å². The summed E-state index contributed by atoms with van der Waals surface area (Å²) in [5.74, 6) is 0.00181. The molecule has 0 unspecified atom stereocenters. The van der Waals surface area contributed by atoms with Crippen molar-refractivity contribution in [2.75, 3.05) is 0 Å². The Morgan fingerprint density at radius 2 is 1.71 bits per heavy atom. The van der Waals surface area contributed by atoms with Crippen LogP contribution in [0.3, 0.4) is 0 Å². The van der Waals surface area contributed by atoms with Gasteiger partial charge in [0.2, 0.25) is 5.91 Å². The SMILES string of the molecule is CCCCCCCCC(=O)NN=C(C)c1ccc(Br)cc1. The standard InChI is InChI=1S/C17H25BrN2O/c1-3-4-5-6-7-8-9-17(21)20-19-14(2)15-10-12-16(18)13-11-15/h10-13H,3-9H2,1-2H3,(H,20,21). The van der Waals surface area contributed by atoms with E-state index in [1.807, 2.05) is 31.2 Å². The van der Waals surface area contributed by atoms with Crippen LogP contribution < -0.4 is 5.43 Å². The van der Waals surface area contributed by atoms with Gasteiger partial charge in [0, 0.05) is 10.9 Å². The van der Waals surface area contributed by atoms with E-state index in [-0.39, 0.29) is 5.91 Å². The fraction of sp³-hybridized carbons (Fsp3) is 0.529. The zero-order valence-corrected chi connectivity index (χ0v) is 14.6. The monoisotopic (exact) mass is 352 g/mol. The maximum atomic E-state index is 11.7. The third kappa shape index (κ3) is 8.00. The molecule has 21 heavy (non-hydrogen) atoms. The predicted molar refractivity (Wildman–Crippen MR) is 92.5 cm³/mol. The van der Waals surface area contributed by atoms with Crippen molar-refractivity contribution < 1.29 is 4.79 Å². The Bertz CT molecular complexity index is 454. The van der Waals surface area contributed by atoms with E-state index in [9.17, 15) is 4.79 Å². The van der Waals surface area contributed by atoms with Crippen LogP contribution in [-0.2, 0) is 4.79 Å². The molecule has 116 valence electrons. The zero-order chi connectivity index (χ0) is 15.5. The third-order valence-electron chi connectivity index (χ3n) is 3.37. The molecule has 0 fully saturated rings. The van der Waals surface area contributed by atoms with Crippen LogP contribution in [0.5, 0.6) is 0 Å². The third-order valence-corrected chi connectivity index (χ3v) is 3.90. The molecule has 0 aliphatic rings. The first kappa shape index (κ1) is 17.9. The van der Waals surface area contributed by atoms with Gasteiger partial charge in [-0.05, 0) is 31.0 Å². The fourth-order valence-corrected chi connectivity index (χ4v) is 2.29. The molecule has 1 aromatic rings. The maximum absolute atomic E-state index is 11.7. The first-order valence-corrected chi connectivity index (χ1v) is 8.52. The van der Waals surface area contributed by atoms with Gasteiger partial charge < -0.3 is 0 Å². The molecule has 4 heteroatoms. The number of benzene rings is 1. The summed E-state index contributed by atoms with van der Waals surface area (Å²) in [6.45, 7) is 4.10. The average molecular weight is 353 g/mol. The van der Waals surface area contributed by atoms with Gasteiger partial charge in [0.05, 0.1) is 5.71 Å². The van der Waals surface area contributed by atoms with Crippen LogP contribution >= 0.6 is 15.9 Å². The highest BCUT2D eigenvalue weighted by molar-refractivity contribution is 9.10. The highest BCUT2D eigenvalue weighted by atomic mass is 79.9. The lowest BCUT2D eigenvalue weighted by Crippen LogP contribution is -2.18. The van der Waals surface area contributed by atoms with Gasteiger partial charge in [-0.1, -0.05) is 67.1 Å². The normalized spacial score (nSPS) is 11.5. The lowest BCUT2D eigenvalue weighted by atomic mass is 10.1. The Morgan fingerprint density at radius 3 is 2.38 bits per heavy atom. The van der Waals surface area contributed by atoms with Crippen molar-refractivity contribution in [2.24, 2.45) is 5.10 Å². The highest BCUT2D eigenvalue weighted by Gasteiger charge is 2.01. The van der Waals surface area contributed by atoms with E-state index in [0.29, 0.717) is 6.42 Å². The molecule has 1 rings (SSSR count). The second-order valence-corrected chi connectivity index (χ2v) is 6.17. The molecule has 0 atom stereocenters. The summed E-state index contributed by atoms with van der Waals surface area (Å²) in [6.07, 6.45) is 7.68. The number of hydrazone groups is 1. The van der Waals surface area contributed by atoms with Gasteiger partial charge in [-0.25, -0.2) is 5.43 Å². The average Bonchev–Trinajstić information content (AvgIpc) is 2.49. The minimum absolute atomic E-state index is 0.00181. The number of amides is 1. The molecule has 0 bridgehead atoms. The van der Waals surface area contributed by atoms with Crippen molar-refractivity contribution >= 4 is 27.5 Å². The summed E-state index contributed by atoms with van der Waals surface area (Å²) in [5.41, 5.74) is 4.47. The number of hydrogen-bond acceptors (Lipinski definition) is 2. The van der Waals surface area contributed by atoms with E-state index in [4.69, 9.17) is 0 Å². The summed E-state index contributed by atoms with van der Waals surface area (Å²) in [6, 6.07) is 7.88. The Balaban J connectivity index is 2.25. The lowest BCUT2D eigenvalue weighted by molar-refractivity contribution is -0.121. The topological polar surface area (TPSA) is 41.5 Å². The predicted octanol–water partition coefficient (Wildman–Crippen LogP) is 5.04. The van der Waals surface area contributed by atoms with E-state index in [1.54, 1.807) is 0 Å². The van der Waals surface area contributed by atoms with Crippen molar-refractivity contribution in [1.29, 1.82) is 0 Å². The van der Waals surface area contributed by atoms with Gasteiger partial charge in [-0.2, -0.15) is 5.10 Å². The minimum Gasteiger partial charge on any atom is -0.273 e. The molecular formula is C17H25BrN2O. The molecule has 0 aliphatic heterocycles. The lowest BCUT2D eigenvalue weighted by Gasteiger charge is -2.03. The number of unbranched alkanes of at least 4 members (excludes halogenated alkanes) is 5. The van der Waals surface area contributed by atoms with Crippen LogP contribution in [-0.4, -0.2) is 11.6 Å². The Labute approximate surface area is 136 Å². The van der Waals surface area contributed by atoms with E-state index in [1.165, 1.54) is 25.7 Å². The molecule has 1 amide bonds. The first-order chi connectivity index (χ1) is 10.1. The second kappa shape index (κ2) is 10.6. The van der Waals surface area contributed by atoms with E-state index in [2.05, 4.69) is 33.4 Å². The maximum Gasteiger partial charge on any atom is 0.240 e. The fourth-order valence-electron chi connectivity index (χ4n) is 2.02. The number of nitrogens with one attached hydrogen (secondary N) is 1. The minimum atomic E-state index is 0.00181. The number of carbonyl (C=O) groups is 1. The summed E-state index contributed by atoms with van der Waals surface area (Å²) < 4.78 is 1.03. The van der Waals surface area contributed by atoms with E-state index >= 15 is 0 Å². The molecule has 1 aromatic carbocycles. The smallest absolute Gasteiger partial charge is 0.240 e. The molecule has 0 radical (unpaired) electrons. The van der Waals surface area contributed by atoms with Crippen molar-refractivity contribution in [3.63, 3.8) is 0 Å². The molecule has 0 aliphatic carbocycles. The Kier molecular flexibility index (Phi) is 8.99. The number of nitrogens with zero attached hydrogens (tertiary/aromatic N) is 1. The van der Waals surface area contributed by atoms with Gasteiger partial charge in [0.15, 0.2) is 0 Å². The second-order valence-electron chi connectivity index (χ2n) is 5.26. The number of rotatable bonds is 9. The molecule has 3 nitrogen and oxygen atoms in total. The largest absolute Gasteiger partial charge is 0.273 e. The quantitative estimate of drug-likeness (QED) is 0.377. The highest BCUT2D eigenvalue weighted by Crippen LogP contribution is 2.11. The number of halogens is 1. The molecule has 0 heterocycles. The molecule has 0 saturated heterocycles. The van der Waals surface area contributed by atoms with Gasteiger partial charge in [0.25, 0.3) is 0 Å². The first-order valence-electron chi connectivity index (χ1n) is 7.72. The number of carbonyl (C=O) groups excluding carboxylic acids is 1. The van der Waals surface area contributed by atoms with Crippen molar-refractivity contribution in [3.8, 4) is 0 Å². The van der Waals surface area contributed by atoms with Gasteiger partial charge in [-0.3, -0.25) is 4.79 Å². The van der Waals surface area contributed by atoms with Crippen molar-refractivity contribution in [3.05, 3.63) is 34.3 Å². The van der Waals surface area contributed by atoms with Crippen LogP contribution in [0.2, 0.25) is 0 Å². The molecule has 0 spiro atoms. The van der Waals surface area contributed by atoms with Crippen molar-refractivity contribution in [2.45, 2.75) is 58.8 Å².